The minimum absolute atomic E-state index is 0.0268. The van der Waals surface area contributed by atoms with Crippen LogP contribution in [0.15, 0.2) is 42.1 Å². The normalized spacial score (nSPS) is 12.7. The van der Waals surface area contributed by atoms with Gasteiger partial charge in [0.15, 0.2) is 0 Å². The van der Waals surface area contributed by atoms with Gasteiger partial charge in [0.05, 0.1) is 29.2 Å². The van der Waals surface area contributed by atoms with Crippen LogP contribution in [0, 0.1) is 12.7 Å². The molecule has 31 heavy (non-hydrogen) atoms. The fourth-order valence-corrected chi connectivity index (χ4v) is 3.37. The first-order chi connectivity index (χ1) is 14.6. The number of halogens is 4. The first kappa shape index (κ1) is 22.5. The molecule has 0 saturated carbocycles. The number of allylic oxidation sites excluding steroid dienone is 1. The third-order valence-corrected chi connectivity index (χ3v) is 5.08. The second kappa shape index (κ2) is 8.49. The van der Waals surface area contributed by atoms with Crippen molar-refractivity contribution in [3.63, 3.8) is 0 Å². The largest absolute Gasteiger partial charge is 0.363 e. The van der Waals surface area contributed by atoms with E-state index >= 15 is 0 Å². The lowest BCUT2D eigenvalue weighted by Gasteiger charge is -2.20. The third kappa shape index (κ3) is 4.30. The first-order valence-electron chi connectivity index (χ1n) is 9.60. The summed E-state index contributed by atoms with van der Waals surface area (Å²) in [6.07, 6.45) is 2.67. The summed E-state index contributed by atoms with van der Waals surface area (Å²) >= 11 is 0. The fraction of sp³-hybridized carbons (Fsp3) is 0.318. The summed E-state index contributed by atoms with van der Waals surface area (Å²) in [5, 5.41) is 3.44. The molecule has 3 aromatic rings. The van der Waals surface area contributed by atoms with E-state index in [0.29, 0.717) is 23.4 Å². The molecule has 0 aliphatic carbocycles. The molecule has 5 nitrogen and oxygen atoms in total. The summed E-state index contributed by atoms with van der Waals surface area (Å²) in [6.45, 7) is 6.90. The number of aryl methyl sites for hydroxylation is 1. The van der Waals surface area contributed by atoms with Crippen LogP contribution in [0.1, 0.15) is 43.0 Å². The maximum atomic E-state index is 14.8. The van der Waals surface area contributed by atoms with E-state index in [-0.39, 0.29) is 29.1 Å². The molecule has 0 radical (unpaired) electrons. The Balaban J connectivity index is 2.08. The fourth-order valence-electron chi connectivity index (χ4n) is 3.37. The number of hydrogen-bond donors (Lipinski definition) is 1. The number of alkyl halides is 3. The molecule has 0 bridgehead atoms. The van der Waals surface area contributed by atoms with Crippen LogP contribution in [0.3, 0.4) is 0 Å². The maximum Gasteiger partial charge on any atom is 0.273 e. The summed E-state index contributed by atoms with van der Waals surface area (Å²) in [5.41, 5.74) is -0.0874. The quantitative estimate of drug-likeness (QED) is 0.509. The molecular weight excluding hydrogens is 412 g/mol. The van der Waals surface area contributed by atoms with Crippen molar-refractivity contribution in [2.75, 3.05) is 12.0 Å². The van der Waals surface area contributed by atoms with Crippen molar-refractivity contribution in [2.24, 2.45) is 0 Å². The number of anilines is 1. The highest BCUT2D eigenvalue weighted by molar-refractivity contribution is 5.90. The highest BCUT2D eigenvalue weighted by Crippen LogP contribution is 2.33. The minimum Gasteiger partial charge on any atom is -0.363 e. The van der Waals surface area contributed by atoms with Crippen LogP contribution in [-0.4, -0.2) is 21.2 Å². The molecule has 0 unspecified atom stereocenters. The summed E-state index contributed by atoms with van der Waals surface area (Å²) < 4.78 is 56.2. The summed E-state index contributed by atoms with van der Waals surface area (Å²) in [6, 6.07) is 3.10. The molecule has 9 heteroatoms. The second-order valence-electron chi connectivity index (χ2n) is 7.38. The summed E-state index contributed by atoms with van der Waals surface area (Å²) in [4.78, 5) is 20.9. The predicted molar refractivity (Wildman–Crippen MR) is 112 cm³/mol. The van der Waals surface area contributed by atoms with Crippen molar-refractivity contribution in [2.45, 2.75) is 39.2 Å². The number of pyridine rings is 1. The van der Waals surface area contributed by atoms with Gasteiger partial charge in [-0.2, -0.15) is 0 Å². The predicted octanol–water partition coefficient (Wildman–Crippen LogP) is 5.35. The number of nitrogens with one attached hydrogen (secondary N) is 1. The van der Waals surface area contributed by atoms with Crippen molar-refractivity contribution in [3.8, 4) is 0 Å². The third-order valence-electron chi connectivity index (χ3n) is 5.08. The van der Waals surface area contributed by atoms with Gasteiger partial charge in [0, 0.05) is 36.4 Å². The van der Waals surface area contributed by atoms with Gasteiger partial charge in [-0.25, -0.2) is 23.1 Å². The molecule has 2 heterocycles. The molecule has 0 aliphatic rings. The van der Waals surface area contributed by atoms with Gasteiger partial charge in [0.1, 0.15) is 18.0 Å². The zero-order chi connectivity index (χ0) is 22.9. The van der Waals surface area contributed by atoms with E-state index in [9.17, 15) is 22.4 Å². The minimum atomic E-state index is -3.33. The lowest BCUT2D eigenvalue weighted by atomic mass is 10.0. The van der Waals surface area contributed by atoms with Crippen LogP contribution in [0.4, 0.5) is 23.4 Å². The van der Waals surface area contributed by atoms with Gasteiger partial charge in [-0.15, -0.1) is 0 Å². The Bertz CT molecular complexity index is 1200. The molecule has 1 atom stereocenters. The van der Waals surface area contributed by atoms with Crippen molar-refractivity contribution in [1.29, 1.82) is 0 Å². The molecule has 0 saturated heterocycles. The van der Waals surface area contributed by atoms with E-state index < -0.39 is 30.0 Å². The van der Waals surface area contributed by atoms with E-state index in [4.69, 9.17) is 0 Å². The summed E-state index contributed by atoms with van der Waals surface area (Å²) in [5.74, 6) is -4.06. The zero-order valence-corrected chi connectivity index (χ0v) is 17.3. The van der Waals surface area contributed by atoms with Crippen LogP contribution in [-0.2, 0) is 5.92 Å². The molecule has 1 N–H and O–H groups in total. The topological polar surface area (TPSA) is 59.8 Å². The van der Waals surface area contributed by atoms with E-state index in [1.54, 1.807) is 13.8 Å². The van der Waals surface area contributed by atoms with Crippen LogP contribution in [0.5, 0.6) is 0 Å². The Morgan fingerprint density at radius 2 is 2.03 bits per heavy atom. The van der Waals surface area contributed by atoms with E-state index in [0.717, 1.165) is 6.07 Å². The number of aromatic nitrogens is 3. The van der Waals surface area contributed by atoms with Crippen molar-refractivity contribution in [3.05, 3.63) is 70.2 Å². The molecule has 1 aromatic carbocycles. The van der Waals surface area contributed by atoms with Gasteiger partial charge >= 0.3 is 0 Å². The van der Waals surface area contributed by atoms with E-state index in [2.05, 4.69) is 21.9 Å². The van der Waals surface area contributed by atoms with Gasteiger partial charge in [0.25, 0.3) is 11.5 Å². The van der Waals surface area contributed by atoms with E-state index in [1.165, 1.54) is 29.2 Å². The maximum absolute atomic E-state index is 14.8. The van der Waals surface area contributed by atoms with Crippen LogP contribution in [0.25, 0.3) is 16.6 Å². The molecule has 2 aromatic heterocycles. The standard InChI is InChI=1S/C22H22F4N4O/c1-12(8-9-23)30-10-16-19(13(2)21(30)31)27-11-28-20(16)29-14(3)15-6-5-7-17(18(15)24)22(4,25)26/h5-7,10-11,14H,1,8-9H2,2-4H3,(H,27,28,29)/t14-/m1/s1. The molecule has 164 valence electrons. The second-order valence-corrected chi connectivity index (χ2v) is 7.38. The van der Waals surface area contributed by atoms with Crippen molar-refractivity contribution in [1.82, 2.24) is 14.5 Å². The molecule has 0 spiro atoms. The number of fused-ring (bicyclic) bond motifs is 1. The Morgan fingerprint density at radius 3 is 2.68 bits per heavy atom. The molecule has 0 fully saturated rings. The van der Waals surface area contributed by atoms with Crippen LogP contribution < -0.4 is 10.9 Å². The number of hydrogen-bond acceptors (Lipinski definition) is 4. The van der Waals surface area contributed by atoms with Gasteiger partial charge < -0.3 is 5.32 Å². The van der Waals surface area contributed by atoms with Crippen LogP contribution >= 0.6 is 0 Å². The van der Waals surface area contributed by atoms with Crippen LogP contribution in [0.2, 0.25) is 0 Å². The Kier molecular flexibility index (Phi) is 6.15. The van der Waals surface area contributed by atoms with Gasteiger partial charge in [-0.1, -0.05) is 24.8 Å². The Morgan fingerprint density at radius 1 is 1.32 bits per heavy atom. The first-order valence-corrected chi connectivity index (χ1v) is 9.60. The highest BCUT2D eigenvalue weighted by atomic mass is 19.3. The van der Waals surface area contributed by atoms with Gasteiger partial charge in [-0.05, 0) is 13.8 Å². The monoisotopic (exact) mass is 434 g/mol. The SMILES string of the molecule is C=C(CCF)n1cc2c(N[C@H](C)c3cccc(C(C)(F)F)c3F)ncnc2c(C)c1=O. The number of benzene rings is 1. The zero-order valence-electron chi connectivity index (χ0n) is 17.3. The number of rotatable bonds is 7. The number of nitrogens with zero attached hydrogens (tertiary/aromatic N) is 3. The molecule has 0 amide bonds. The Labute approximate surface area is 176 Å². The lowest BCUT2D eigenvalue weighted by molar-refractivity contribution is 0.0136. The van der Waals surface area contributed by atoms with Gasteiger partial charge in [-0.3, -0.25) is 13.8 Å². The van der Waals surface area contributed by atoms with Gasteiger partial charge in [0.2, 0.25) is 0 Å². The lowest BCUT2D eigenvalue weighted by Crippen LogP contribution is -2.22. The highest BCUT2D eigenvalue weighted by Gasteiger charge is 2.30. The molecule has 3 rings (SSSR count). The average molecular weight is 434 g/mol. The smallest absolute Gasteiger partial charge is 0.273 e. The van der Waals surface area contributed by atoms with Crippen molar-refractivity contribution < 1.29 is 17.6 Å². The van der Waals surface area contributed by atoms with E-state index in [1.807, 2.05) is 0 Å². The molecular formula is C22H22F4N4O. The summed E-state index contributed by atoms with van der Waals surface area (Å²) in [7, 11) is 0. The average Bonchev–Trinajstić information content (AvgIpc) is 2.70. The Hall–Kier alpha value is -3.23. The van der Waals surface area contributed by atoms with Crippen molar-refractivity contribution >= 4 is 22.4 Å². The molecule has 0 aliphatic heterocycles.